The molecule has 0 aliphatic heterocycles. The number of nitrogens with zero attached hydrogens (tertiary/aromatic N) is 2. The number of benzene rings is 1. The smallest absolute Gasteiger partial charge is 0.212 e. The van der Waals surface area contributed by atoms with Crippen molar-refractivity contribution in [3.8, 4) is 0 Å². The summed E-state index contributed by atoms with van der Waals surface area (Å²) in [4.78, 5) is 2.12. The molecule has 6 heteroatoms. The fourth-order valence-electron chi connectivity index (χ4n) is 1.77. The van der Waals surface area contributed by atoms with Crippen LogP contribution in [0.4, 0.5) is 5.69 Å². The minimum atomic E-state index is -3.92. The van der Waals surface area contributed by atoms with Crippen LogP contribution in [0.15, 0.2) is 30.3 Å². The Morgan fingerprint density at radius 3 is 2.20 bits per heavy atom. The zero-order valence-electron chi connectivity index (χ0n) is 12.4. The zero-order valence-corrected chi connectivity index (χ0v) is 13.2. The molecule has 0 unspecified atom stereocenters. The van der Waals surface area contributed by atoms with Gasteiger partial charge in [-0.2, -0.15) is 4.57 Å². The molecule has 2 aromatic rings. The predicted molar refractivity (Wildman–Crippen MR) is 79.8 cm³/mol. The summed E-state index contributed by atoms with van der Waals surface area (Å²) in [6, 6.07) is 10.9. The van der Waals surface area contributed by atoms with Gasteiger partial charge in [0.2, 0.25) is 5.52 Å². The lowest BCUT2D eigenvalue weighted by Crippen LogP contribution is -2.32. The number of aromatic nitrogens is 1. The van der Waals surface area contributed by atoms with Crippen molar-refractivity contribution >= 4 is 26.7 Å². The molecule has 0 amide bonds. The van der Waals surface area contributed by atoms with E-state index in [0.717, 1.165) is 0 Å². The lowest BCUT2D eigenvalue weighted by Gasteiger charge is -2.12. The van der Waals surface area contributed by atoms with Crippen LogP contribution in [0.1, 0.15) is 5.69 Å². The van der Waals surface area contributed by atoms with Crippen LogP contribution in [0, 0.1) is 6.92 Å². The molecule has 0 spiro atoms. The van der Waals surface area contributed by atoms with E-state index >= 15 is 0 Å². The Hall–Kier alpha value is -1.66. The van der Waals surface area contributed by atoms with E-state index in [1.807, 2.05) is 0 Å². The molecule has 110 valence electrons. The van der Waals surface area contributed by atoms with E-state index in [1.54, 1.807) is 0 Å². The summed E-state index contributed by atoms with van der Waals surface area (Å²) in [6.07, 6.45) is 0.604. The van der Waals surface area contributed by atoms with Crippen LogP contribution in [-0.2, 0) is 17.2 Å². The topological polar surface area (TPSA) is 64.3 Å². The Morgan fingerprint density at radius 1 is 1.15 bits per heavy atom. The second-order valence-electron chi connectivity index (χ2n) is 4.88. The van der Waals surface area contributed by atoms with Crippen LogP contribution in [-0.4, -0.2) is 33.3 Å². The number of fused-ring (bicyclic) bond motifs is 1. The van der Waals surface area contributed by atoms with Crippen molar-refractivity contribution in [1.82, 2.24) is 0 Å². The molecule has 1 heterocycles. The summed E-state index contributed by atoms with van der Waals surface area (Å²) in [6.45, 7) is 2.12. The van der Waals surface area contributed by atoms with Crippen molar-refractivity contribution in [3.63, 3.8) is 0 Å². The van der Waals surface area contributed by atoms with Gasteiger partial charge in [-0.15, -0.1) is 0 Å². The van der Waals surface area contributed by atoms with E-state index in [0.29, 0.717) is 6.26 Å². The lowest BCUT2D eigenvalue weighted by atomic mass is 10.1. The molecule has 1 aromatic heterocycles. The Labute approximate surface area is 120 Å². The molecule has 0 radical (unpaired) electrons. The zero-order chi connectivity index (χ0) is 15.5. The number of hydrogen-bond donors (Lipinski definition) is 0. The maximum Gasteiger partial charge on any atom is 0.212 e. The average Bonchev–Trinajstić information content (AvgIpc) is 2.31. The molecule has 2 rings (SSSR count). The van der Waals surface area contributed by atoms with E-state index in [4.69, 9.17) is 13.0 Å². The van der Waals surface area contributed by atoms with Crippen LogP contribution in [0.25, 0.3) is 10.9 Å². The molecule has 0 saturated carbocycles. The largest absolute Gasteiger partial charge is 0.748 e. The first-order valence-electron chi connectivity index (χ1n) is 6.07. The molecular weight excluding hydrogens is 276 g/mol. The van der Waals surface area contributed by atoms with Gasteiger partial charge in [0.05, 0.1) is 10.1 Å². The van der Waals surface area contributed by atoms with Gasteiger partial charge in [0.25, 0.3) is 0 Å². The van der Waals surface area contributed by atoms with Gasteiger partial charge < -0.3 is 9.45 Å². The number of aryl methyl sites for hydroxylation is 2. The molecular formula is C14H20N2O3S. The third-order valence-corrected chi connectivity index (χ3v) is 2.92. The van der Waals surface area contributed by atoms with Gasteiger partial charge in [0, 0.05) is 50.5 Å². The van der Waals surface area contributed by atoms with Crippen LogP contribution in [0.5, 0.6) is 0 Å². The van der Waals surface area contributed by atoms with Crippen molar-refractivity contribution in [1.29, 1.82) is 0 Å². The maximum atomic E-state index is 9.08. The lowest BCUT2D eigenvalue weighted by molar-refractivity contribution is -0.651. The minimum absolute atomic E-state index is 0.604. The van der Waals surface area contributed by atoms with Gasteiger partial charge in [0.1, 0.15) is 7.05 Å². The van der Waals surface area contributed by atoms with Crippen molar-refractivity contribution < 1.29 is 17.5 Å². The molecule has 0 aliphatic carbocycles. The van der Waals surface area contributed by atoms with Crippen molar-refractivity contribution in [2.45, 2.75) is 6.92 Å². The van der Waals surface area contributed by atoms with Gasteiger partial charge in [-0.25, -0.2) is 8.42 Å². The van der Waals surface area contributed by atoms with Crippen molar-refractivity contribution in [2.24, 2.45) is 7.05 Å². The van der Waals surface area contributed by atoms with Crippen LogP contribution >= 0.6 is 0 Å². The Bertz CT molecular complexity index is 702. The second-order valence-corrected chi connectivity index (χ2v) is 6.28. The third kappa shape index (κ3) is 4.79. The number of rotatable bonds is 1. The van der Waals surface area contributed by atoms with Crippen molar-refractivity contribution in [2.75, 3.05) is 25.3 Å². The van der Waals surface area contributed by atoms with Crippen LogP contribution < -0.4 is 9.47 Å². The van der Waals surface area contributed by atoms with Crippen molar-refractivity contribution in [3.05, 3.63) is 36.0 Å². The highest BCUT2D eigenvalue weighted by Gasteiger charge is 2.08. The van der Waals surface area contributed by atoms with E-state index in [9.17, 15) is 0 Å². The molecule has 0 atom stereocenters. The van der Waals surface area contributed by atoms with E-state index < -0.39 is 10.1 Å². The fourth-order valence-corrected chi connectivity index (χ4v) is 1.77. The molecule has 0 saturated heterocycles. The molecule has 5 nitrogen and oxygen atoms in total. The first-order valence-corrected chi connectivity index (χ1v) is 7.89. The van der Waals surface area contributed by atoms with Gasteiger partial charge in [-0.05, 0) is 18.2 Å². The molecule has 0 fully saturated rings. The van der Waals surface area contributed by atoms with Crippen LogP contribution in [0.3, 0.4) is 0 Å². The molecule has 1 aromatic carbocycles. The van der Waals surface area contributed by atoms with E-state index in [-0.39, 0.29) is 0 Å². The Kier molecular flexibility index (Phi) is 5.08. The second kappa shape index (κ2) is 6.19. The molecule has 20 heavy (non-hydrogen) atoms. The van der Waals surface area contributed by atoms with Gasteiger partial charge in [0.15, 0.2) is 5.69 Å². The minimum Gasteiger partial charge on any atom is -0.748 e. The third-order valence-electron chi connectivity index (χ3n) is 2.92. The number of hydrogen-bond acceptors (Lipinski definition) is 4. The summed E-state index contributed by atoms with van der Waals surface area (Å²) in [5, 5.41) is 1.29. The summed E-state index contributed by atoms with van der Waals surface area (Å²) in [7, 11) is 2.32. The summed E-state index contributed by atoms with van der Waals surface area (Å²) in [5.41, 5.74) is 3.80. The van der Waals surface area contributed by atoms with Gasteiger partial charge in [-0.3, -0.25) is 0 Å². The summed E-state index contributed by atoms with van der Waals surface area (Å²) >= 11 is 0. The first kappa shape index (κ1) is 16.4. The summed E-state index contributed by atoms with van der Waals surface area (Å²) in [5.74, 6) is 0. The van der Waals surface area contributed by atoms with E-state index in [2.05, 4.69) is 67.9 Å². The van der Waals surface area contributed by atoms with E-state index in [1.165, 1.54) is 22.3 Å². The monoisotopic (exact) mass is 296 g/mol. The molecule has 0 aliphatic rings. The highest BCUT2D eigenvalue weighted by Crippen LogP contribution is 2.18. The average molecular weight is 296 g/mol. The highest BCUT2D eigenvalue weighted by molar-refractivity contribution is 7.84. The molecule has 0 bridgehead atoms. The highest BCUT2D eigenvalue weighted by atomic mass is 32.2. The Morgan fingerprint density at radius 2 is 1.70 bits per heavy atom. The number of pyridine rings is 1. The normalized spacial score (nSPS) is 10.9. The van der Waals surface area contributed by atoms with Gasteiger partial charge in [-0.1, -0.05) is 0 Å². The standard InChI is InChI=1S/C13H17N2.CH4O3S/c1-10-5-6-11-9-12(14(2)3)7-8-13(11)15(10)4;1-5(2,3)4/h5-9H,1-4H3;1H3,(H,2,3,4)/q+1;/p-1. The first-order chi connectivity index (χ1) is 9.09. The Balaban J connectivity index is 0.000000347. The maximum absolute atomic E-state index is 9.08. The quantitative estimate of drug-likeness (QED) is 0.586. The fraction of sp³-hybridized carbons (Fsp3) is 0.357. The predicted octanol–water partition coefficient (Wildman–Crippen LogP) is 1.20. The number of anilines is 1. The van der Waals surface area contributed by atoms with Crippen LogP contribution in [0.2, 0.25) is 0 Å². The molecule has 0 N–H and O–H groups in total. The van der Waals surface area contributed by atoms with Gasteiger partial charge >= 0.3 is 0 Å². The SMILES string of the molecule is CS(=O)(=O)[O-].Cc1ccc2cc(N(C)C)ccc2[n+]1C. The summed E-state index contributed by atoms with van der Waals surface area (Å²) < 4.78 is 29.4.